The molecule has 1 amide bonds. The number of amides is 1. The van der Waals surface area contributed by atoms with Crippen LogP contribution in [0, 0.1) is 0 Å². The molecule has 1 atom stereocenters. The molecule has 2 heterocycles. The Kier molecular flexibility index (Phi) is 4.48. The van der Waals surface area contributed by atoms with E-state index >= 15 is 0 Å². The van der Waals surface area contributed by atoms with Gasteiger partial charge >= 0.3 is 0 Å². The topological polar surface area (TPSA) is 59.2 Å². The lowest BCUT2D eigenvalue weighted by molar-refractivity contribution is -0.129. The third kappa shape index (κ3) is 2.73. The largest absolute Gasteiger partial charge is 0.337 e. The van der Waals surface area contributed by atoms with Gasteiger partial charge in [-0.05, 0) is 29.5 Å². The summed E-state index contributed by atoms with van der Waals surface area (Å²) in [5.74, 6) is 0.0254. The number of nitrogens with two attached hydrogens (primary N) is 1. The van der Waals surface area contributed by atoms with Crippen molar-refractivity contribution in [3.63, 3.8) is 0 Å². The first kappa shape index (κ1) is 15.0. The maximum Gasteiger partial charge on any atom is 0.239 e. The van der Waals surface area contributed by atoms with Crippen molar-refractivity contribution in [3.05, 3.63) is 41.2 Å². The summed E-state index contributed by atoms with van der Waals surface area (Å²) < 4.78 is 0. The molecular weight excluding hydrogens is 297 g/mol. The van der Waals surface area contributed by atoms with Gasteiger partial charge < -0.3 is 10.6 Å². The summed E-state index contributed by atoms with van der Waals surface area (Å²) in [5.41, 5.74) is 6.76. The Bertz CT molecular complexity index is 647. The molecule has 0 saturated carbocycles. The molecule has 0 bridgehead atoms. The van der Waals surface area contributed by atoms with Gasteiger partial charge in [0.05, 0.1) is 6.04 Å². The van der Waals surface area contributed by atoms with Crippen LogP contribution in [0.1, 0.15) is 12.0 Å². The van der Waals surface area contributed by atoms with Gasteiger partial charge in [-0.25, -0.2) is 4.98 Å². The highest BCUT2D eigenvalue weighted by Gasteiger charge is 2.28. The molecule has 2 aromatic rings. The maximum absolute atomic E-state index is 11.8. The van der Waals surface area contributed by atoms with Crippen LogP contribution in [-0.4, -0.2) is 28.4 Å². The van der Waals surface area contributed by atoms with E-state index in [1.807, 2.05) is 24.3 Å². The molecule has 20 heavy (non-hydrogen) atoms. The molecule has 1 aromatic heterocycles. The summed E-state index contributed by atoms with van der Waals surface area (Å²) in [6.45, 7) is 1.30. The number of fused-ring (bicyclic) bond motifs is 1. The number of rotatable bonds is 2. The molecule has 0 spiro atoms. The minimum atomic E-state index is -0.342. The molecule has 4 nitrogen and oxygen atoms in total. The quantitative estimate of drug-likeness (QED) is 0.866. The Hall–Kier alpha value is -1.36. The SMILES string of the molecule is Cl.NC1CCN(Cc2ccc3ccnc(Cl)c3c2)C1=O. The molecule has 0 radical (unpaired) electrons. The van der Waals surface area contributed by atoms with Crippen molar-refractivity contribution < 1.29 is 4.79 Å². The first-order valence-electron chi connectivity index (χ1n) is 6.22. The zero-order valence-electron chi connectivity index (χ0n) is 10.8. The Morgan fingerprint density at radius 3 is 2.90 bits per heavy atom. The Morgan fingerprint density at radius 1 is 1.40 bits per heavy atom. The predicted octanol–water partition coefficient (Wildman–Crippen LogP) is 2.37. The van der Waals surface area contributed by atoms with E-state index in [2.05, 4.69) is 4.98 Å². The second-order valence-corrected chi connectivity index (χ2v) is 5.17. The van der Waals surface area contributed by atoms with Crippen LogP contribution >= 0.6 is 24.0 Å². The molecule has 1 aromatic carbocycles. The smallest absolute Gasteiger partial charge is 0.239 e. The third-order valence-electron chi connectivity index (χ3n) is 3.49. The maximum atomic E-state index is 11.8. The highest BCUT2D eigenvalue weighted by Crippen LogP contribution is 2.23. The van der Waals surface area contributed by atoms with Gasteiger partial charge in [-0.3, -0.25) is 4.79 Å². The summed E-state index contributed by atoms with van der Waals surface area (Å²) in [6, 6.07) is 7.57. The van der Waals surface area contributed by atoms with Crippen molar-refractivity contribution in [2.45, 2.75) is 19.0 Å². The van der Waals surface area contributed by atoms with Crippen LogP contribution in [0.15, 0.2) is 30.5 Å². The van der Waals surface area contributed by atoms with Crippen LogP contribution in [0.4, 0.5) is 0 Å². The van der Waals surface area contributed by atoms with Crippen molar-refractivity contribution in [1.29, 1.82) is 0 Å². The zero-order valence-corrected chi connectivity index (χ0v) is 12.3. The molecule has 1 saturated heterocycles. The van der Waals surface area contributed by atoms with Crippen molar-refractivity contribution in [2.24, 2.45) is 5.73 Å². The van der Waals surface area contributed by atoms with E-state index in [9.17, 15) is 4.79 Å². The molecule has 1 aliphatic heterocycles. The summed E-state index contributed by atoms with van der Waals surface area (Å²) in [5, 5.41) is 2.45. The summed E-state index contributed by atoms with van der Waals surface area (Å²) in [7, 11) is 0. The predicted molar refractivity (Wildman–Crippen MR) is 82.0 cm³/mol. The molecule has 2 N–H and O–H groups in total. The summed E-state index contributed by atoms with van der Waals surface area (Å²) in [6.07, 6.45) is 2.42. The van der Waals surface area contributed by atoms with Crippen molar-refractivity contribution in [2.75, 3.05) is 6.54 Å². The summed E-state index contributed by atoms with van der Waals surface area (Å²) in [4.78, 5) is 17.7. The fourth-order valence-electron chi connectivity index (χ4n) is 2.42. The van der Waals surface area contributed by atoms with Crippen LogP contribution in [0.25, 0.3) is 10.8 Å². The van der Waals surface area contributed by atoms with Crippen LogP contribution in [0.2, 0.25) is 5.15 Å². The average Bonchev–Trinajstić information content (AvgIpc) is 2.72. The number of hydrogen-bond donors (Lipinski definition) is 1. The normalized spacial score (nSPS) is 18.4. The molecule has 6 heteroatoms. The lowest BCUT2D eigenvalue weighted by Crippen LogP contribution is -2.33. The van der Waals surface area contributed by atoms with Crippen molar-refractivity contribution >= 4 is 40.7 Å². The second-order valence-electron chi connectivity index (χ2n) is 4.81. The molecule has 3 rings (SSSR count). The van der Waals surface area contributed by atoms with Crippen molar-refractivity contribution in [3.8, 4) is 0 Å². The highest BCUT2D eigenvalue weighted by atomic mass is 35.5. The molecule has 1 unspecified atom stereocenters. The standard InChI is InChI=1S/C14H14ClN3O.ClH/c15-13-11-7-9(1-2-10(11)3-5-17-13)8-18-6-4-12(16)14(18)19;/h1-3,5,7,12H,4,6,8,16H2;1H. The van der Waals surface area contributed by atoms with Gasteiger partial charge in [-0.1, -0.05) is 23.7 Å². The lowest BCUT2D eigenvalue weighted by atomic mass is 10.1. The number of likely N-dealkylation sites (tertiary alicyclic amines) is 1. The Labute approximate surface area is 128 Å². The van der Waals surface area contributed by atoms with Gasteiger partial charge in [0.2, 0.25) is 5.91 Å². The van der Waals surface area contributed by atoms with Crippen LogP contribution in [0.5, 0.6) is 0 Å². The number of carbonyl (C=O) groups excluding carboxylic acids is 1. The Morgan fingerprint density at radius 2 is 2.20 bits per heavy atom. The fraction of sp³-hybridized carbons (Fsp3) is 0.286. The number of nitrogens with zero attached hydrogens (tertiary/aromatic N) is 2. The van der Waals surface area contributed by atoms with Crippen LogP contribution in [-0.2, 0) is 11.3 Å². The average molecular weight is 312 g/mol. The van der Waals surface area contributed by atoms with Gasteiger partial charge in [-0.2, -0.15) is 0 Å². The fourth-order valence-corrected chi connectivity index (χ4v) is 2.64. The Balaban J connectivity index is 0.00000147. The van der Waals surface area contributed by atoms with E-state index in [0.717, 1.165) is 29.3 Å². The van der Waals surface area contributed by atoms with E-state index in [1.165, 1.54) is 0 Å². The summed E-state index contributed by atoms with van der Waals surface area (Å²) >= 11 is 6.09. The first-order chi connectivity index (χ1) is 9.15. The van der Waals surface area contributed by atoms with Crippen molar-refractivity contribution in [1.82, 2.24) is 9.88 Å². The van der Waals surface area contributed by atoms with Gasteiger partial charge in [0.25, 0.3) is 0 Å². The number of aromatic nitrogens is 1. The third-order valence-corrected chi connectivity index (χ3v) is 3.80. The number of halogens is 2. The van der Waals surface area contributed by atoms with Gasteiger partial charge in [0, 0.05) is 24.7 Å². The van der Waals surface area contributed by atoms with Crippen LogP contribution < -0.4 is 5.73 Å². The number of benzene rings is 1. The van der Waals surface area contributed by atoms with Crippen LogP contribution in [0.3, 0.4) is 0 Å². The molecule has 0 aliphatic carbocycles. The highest BCUT2D eigenvalue weighted by molar-refractivity contribution is 6.34. The van der Waals surface area contributed by atoms with E-state index in [-0.39, 0.29) is 24.4 Å². The number of carbonyl (C=O) groups is 1. The van der Waals surface area contributed by atoms with E-state index < -0.39 is 0 Å². The molecule has 1 fully saturated rings. The van der Waals surface area contributed by atoms with E-state index in [0.29, 0.717) is 11.7 Å². The minimum absolute atomic E-state index is 0. The monoisotopic (exact) mass is 311 g/mol. The van der Waals surface area contributed by atoms with E-state index in [1.54, 1.807) is 11.1 Å². The second kappa shape index (κ2) is 5.95. The van der Waals surface area contributed by atoms with Gasteiger partial charge in [0.15, 0.2) is 0 Å². The minimum Gasteiger partial charge on any atom is -0.337 e. The first-order valence-corrected chi connectivity index (χ1v) is 6.60. The number of pyridine rings is 1. The van der Waals surface area contributed by atoms with Gasteiger partial charge in [-0.15, -0.1) is 12.4 Å². The lowest BCUT2D eigenvalue weighted by Gasteiger charge is -2.16. The molecular formula is C14H15Cl2N3O. The van der Waals surface area contributed by atoms with Gasteiger partial charge in [0.1, 0.15) is 5.15 Å². The zero-order chi connectivity index (χ0) is 13.4. The van der Waals surface area contributed by atoms with E-state index in [4.69, 9.17) is 17.3 Å². The molecule has 1 aliphatic rings. The number of hydrogen-bond acceptors (Lipinski definition) is 3. The molecule has 106 valence electrons.